The minimum Gasteiger partial charge on any atom is -0.338 e. The Kier molecular flexibility index (Phi) is 6.56. The van der Waals surface area contributed by atoms with Crippen LogP contribution in [-0.2, 0) is 30.4 Å². The molecule has 5 nitrogen and oxygen atoms in total. The van der Waals surface area contributed by atoms with Crippen LogP contribution in [0.4, 0.5) is 19.1 Å². The summed E-state index contributed by atoms with van der Waals surface area (Å²) in [7, 11) is 0. The van der Waals surface area contributed by atoms with Gasteiger partial charge in [0.2, 0.25) is 11.8 Å². The van der Waals surface area contributed by atoms with Crippen molar-refractivity contribution in [3.05, 3.63) is 82.0 Å². The first-order chi connectivity index (χ1) is 15.7. The Morgan fingerprint density at radius 3 is 2.36 bits per heavy atom. The maximum atomic E-state index is 12.9. The Balaban J connectivity index is 1.23. The number of hydrogen-bond acceptors (Lipinski definition) is 4. The van der Waals surface area contributed by atoms with Gasteiger partial charge in [-0.25, -0.2) is 0 Å². The molecule has 0 saturated carbocycles. The van der Waals surface area contributed by atoms with Crippen molar-refractivity contribution in [3.8, 4) is 0 Å². The van der Waals surface area contributed by atoms with E-state index < -0.39 is 11.7 Å². The van der Waals surface area contributed by atoms with Crippen molar-refractivity contribution < 1.29 is 22.5 Å². The molecule has 0 spiro atoms. The molecular weight excluding hydrogens is 431 g/mol. The summed E-state index contributed by atoms with van der Waals surface area (Å²) in [4.78, 5) is 14.6. The molecule has 1 aliphatic rings. The number of aryl methyl sites for hydroxylation is 3. The molecular formula is C25H26F3N3O2. The fraction of sp³-hybridized carbons (Fsp3) is 0.360. The maximum absolute atomic E-state index is 12.9. The van der Waals surface area contributed by atoms with E-state index in [-0.39, 0.29) is 11.8 Å². The van der Waals surface area contributed by atoms with Crippen LogP contribution in [0.3, 0.4) is 0 Å². The molecule has 33 heavy (non-hydrogen) atoms. The SMILES string of the molecule is Cc1noc(NC(=O)C2CN(Cc3ccc(CCc4cccc(C(F)(F)F)c4)cc3)C2)c1C. The largest absolute Gasteiger partial charge is 0.416 e. The Morgan fingerprint density at radius 2 is 1.73 bits per heavy atom. The van der Waals surface area contributed by atoms with Crippen LogP contribution < -0.4 is 5.32 Å². The van der Waals surface area contributed by atoms with E-state index in [1.165, 1.54) is 12.1 Å². The fourth-order valence-electron chi connectivity index (χ4n) is 3.87. The molecule has 174 valence electrons. The molecule has 8 heteroatoms. The van der Waals surface area contributed by atoms with Gasteiger partial charge in [0, 0.05) is 25.2 Å². The van der Waals surface area contributed by atoms with Crippen LogP contribution in [0.5, 0.6) is 0 Å². The van der Waals surface area contributed by atoms with E-state index in [0.29, 0.717) is 37.4 Å². The average molecular weight is 457 g/mol. The highest BCUT2D eigenvalue weighted by Gasteiger charge is 2.33. The number of carbonyl (C=O) groups excluding carboxylic acids is 1. The normalized spacial score (nSPS) is 14.8. The Morgan fingerprint density at radius 1 is 1.06 bits per heavy atom. The number of nitrogens with one attached hydrogen (secondary N) is 1. The lowest BCUT2D eigenvalue weighted by atomic mass is 9.97. The molecule has 0 unspecified atom stereocenters. The molecule has 1 amide bonds. The minimum atomic E-state index is -4.32. The maximum Gasteiger partial charge on any atom is 0.416 e. The summed E-state index contributed by atoms with van der Waals surface area (Å²) in [6.45, 7) is 5.79. The summed E-state index contributed by atoms with van der Waals surface area (Å²) in [6, 6.07) is 13.6. The molecule has 2 heterocycles. The van der Waals surface area contributed by atoms with Crippen molar-refractivity contribution in [1.82, 2.24) is 10.1 Å². The smallest absolute Gasteiger partial charge is 0.338 e. The van der Waals surface area contributed by atoms with Crippen molar-refractivity contribution in [3.63, 3.8) is 0 Å². The number of carbonyl (C=O) groups is 1. The highest BCUT2D eigenvalue weighted by Crippen LogP contribution is 2.30. The predicted octanol–water partition coefficient (Wildman–Crippen LogP) is 5.17. The van der Waals surface area contributed by atoms with Crippen LogP contribution in [0.15, 0.2) is 53.1 Å². The molecule has 0 bridgehead atoms. The third-order valence-corrected chi connectivity index (χ3v) is 6.11. The Hall–Kier alpha value is -3.13. The second-order valence-corrected chi connectivity index (χ2v) is 8.62. The molecule has 3 aromatic rings. The van der Waals surface area contributed by atoms with Crippen LogP contribution >= 0.6 is 0 Å². The van der Waals surface area contributed by atoms with Gasteiger partial charge in [-0.05, 0) is 49.4 Å². The number of hydrogen-bond donors (Lipinski definition) is 1. The zero-order valence-electron chi connectivity index (χ0n) is 18.6. The highest BCUT2D eigenvalue weighted by atomic mass is 19.4. The number of halogens is 3. The standard InChI is InChI=1S/C25H26F3N3O2/c1-16-17(2)30-33-24(16)29-23(32)21-14-31(15-21)13-20-10-7-18(8-11-20)6-9-19-4-3-5-22(12-19)25(26,27)28/h3-5,7-8,10-12,21H,6,9,13-15H2,1-2H3,(H,29,32). The molecule has 0 radical (unpaired) electrons. The van der Waals surface area contributed by atoms with E-state index in [4.69, 9.17) is 4.52 Å². The quantitative estimate of drug-likeness (QED) is 0.532. The van der Waals surface area contributed by atoms with E-state index in [1.807, 2.05) is 38.1 Å². The third-order valence-electron chi connectivity index (χ3n) is 6.11. The second-order valence-electron chi connectivity index (χ2n) is 8.62. The predicted molar refractivity (Wildman–Crippen MR) is 119 cm³/mol. The van der Waals surface area contributed by atoms with Crippen LogP contribution in [0, 0.1) is 19.8 Å². The minimum absolute atomic E-state index is 0.0598. The number of alkyl halides is 3. The van der Waals surface area contributed by atoms with Crippen LogP contribution in [0.25, 0.3) is 0 Å². The van der Waals surface area contributed by atoms with Gasteiger partial charge in [0.05, 0.1) is 17.2 Å². The van der Waals surface area contributed by atoms with E-state index in [9.17, 15) is 18.0 Å². The molecule has 1 fully saturated rings. The van der Waals surface area contributed by atoms with Crippen molar-refractivity contribution in [2.24, 2.45) is 5.92 Å². The van der Waals surface area contributed by atoms with Gasteiger partial charge in [-0.1, -0.05) is 47.6 Å². The van der Waals surface area contributed by atoms with Gasteiger partial charge in [0.25, 0.3) is 0 Å². The Bertz CT molecular complexity index is 1120. The Labute approximate surface area is 190 Å². The number of amides is 1. The number of aromatic nitrogens is 1. The molecule has 1 saturated heterocycles. The molecule has 4 rings (SSSR count). The number of nitrogens with zero attached hydrogens (tertiary/aromatic N) is 2. The first kappa shape index (κ1) is 23.0. The van der Waals surface area contributed by atoms with Gasteiger partial charge in [-0.15, -0.1) is 0 Å². The second kappa shape index (κ2) is 9.39. The monoisotopic (exact) mass is 457 g/mol. The van der Waals surface area contributed by atoms with E-state index in [2.05, 4.69) is 15.4 Å². The van der Waals surface area contributed by atoms with Crippen LogP contribution in [0.2, 0.25) is 0 Å². The first-order valence-electron chi connectivity index (χ1n) is 10.9. The summed E-state index contributed by atoms with van der Waals surface area (Å²) in [5, 5.41) is 6.66. The summed E-state index contributed by atoms with van der Waals surface area (Å²) < 4.78 is 43.7. The molecule has 1 N–H and O–H groups in total. The van der Waals surface area contributed by atoms with Crippen molar-refractivity contribution in [2.45, 2.75) is 39.4 Å². The van der Waals surface area contributed by atoms with Gasteiger partial charge in [-0.3, -0.25) is 15.0 Å². The molecule has 1 aromatic heterocycles. The topological polar surface area (TPSA) is 58.4 Å². The van der Waals surface area contributed by atoms with E-state index in [1.54, 1.807) is 6.07 Å². The summed E-state index contributed by atoms with van der Waals surface area (Å²) in [5.74, 6) is 0.272. The van der Waals surface area contributed by atoms with E-state index >= 15 is 0 Å². The van der Waals surface area contributed by atoms with E-state index in [0.717, 1.165) is 35.0 Å². The van der Waals surface area contributed by atoms with Gasteiger partial charge in [0.15, 0.2) is 0 Å². The van der Waals surface area contributed by atoms with Gasteiger partial charge in [-0.2, -0.15) is 13.2 Å². The zero-order chi connectivity index (χ0) is 23.6. The lowest BCUT2D eigenvalue weighted by Gasteiger charge is -2.38. The summed E-state index contributed by atoms with van der Waals surface area (Å²) in [5.41, 5.74) is 3.89. The molecule has 0 aliphatic carbocycles. The van der Waals surface area contributed by atoms with Gasteiger partial charge >= 0.3 is 6.18 Å². The van der Waals surface area contributed by atoms with Crippen molar-refractivity contribution in [2.75, 3.05) is 18.4 Å². The van der Waals surface area contributed by atoms with Crippen molar-refractivity contribution >= 4 is 11.8 Å². The molecule has 1 aliphatic heterocycles. The zero-order valence-corrected chi connectivity index (χ0v) is 18.6. The number of anilines is 1. The summed E-state index contributed by atoms with van der Waals surface area (Å²) >= 11 is 0. The number of likely N-dealkylation sites (tertiary alicyclic amines) is 1. The molecule has 0 atom stereocenters. The van der Waals surface area contributed by atoms with Gasteiger partial charge in [0.1, 0.15) is 0 Å². The summed E-state index contributed by atoms with van der Waals surface area (Å²) in [6.07, 6.45) is -3.09. The average Bonchev–Trinajstić information content (AvgIpc) is 3.07. The van der Waals surface area contributed by atoms with Crippen LogP contribution in [-0.4, -0.2) is 29.1 Å². The van der Waals surface area contributed by atoms with Crippen molar-refractivity contribution in [1.29, 1.82) is 0 Å². The number of rotatable bonds is 7. The van der Waals surface area contributed by atoms with Crippen LogP contribution in [0.1, 0.15) is 33.5 Å². The third kappa shape index (κ3) is 5.63. The fourth-order valence-corrected chi connectivity index (χ4v) is 3.87. The highest BCUT2D eigenvalue weighted by molar-refractivity contribution is 5.92. The van der Waals surface area contributed by atoms with Gasteiger partial charge < -0.3 is 4.52 Å². The molecule has 2 aromatic carbocycles. The first-order valence-corrected chi connectivity index (χ1v) is 10.9. The lowest BCUT2D eigenvalue weighted by Crippen LogP contribution is -2.51. The number of benzene rings is 2. The lowest BCUT2D eigenvalue weighted by molar-refractivity contribution is -0.137.